The lowest BCUT2D eigenvalue weighted by atomic mass is 10.2. The molecule has 3 rings (SSSR count). The molecule has 0 spiro atoms. The molecule has 0 bridgehead atoms. The first kappa shape index (κ1) is 16.6. The van der Waals surface area contributed by atoms with E-state index in [1.54, 1.807) is 34.3 Å². The van der Waals surface area contributed by atoms with Crippen molar-refractivity contribution >= 4 is 29.1 Å². The van der Waals surface area contributed by atoms with E-state index in [4.69, 9.17) is 16.0 Å². The molecule has 2 amide bonds. The van der Waals surface area contributed by atoms with Gasteiger partial charge >= 0.3 is 0 Å². The van der Waals surface area contributed by atoms with Gasteiger partial charge < -0.3 is 14.2 Å². The number of nitrogens with zero attached hydrogens (tertiary/aromatic N) is 2. The Kier molecular flexibility index (Phi) is 5.20. The van der Waals surface area contributed by atoms with E-state index in [9.17, 15) is 9.59 Å². The number of anilines is 1. The molecule has 0 atom stereocenters. The van der Waals surface area contributed by atoms with Crippen LogP contribution in [0.2, 0.25) is 5.02 Å². The molecule has 6 heteroatoms. The van der Waals surface area contributed by atoms with Crippen molar-refractivity contribution in [2.45, 2.75) is 25.8 Å². The minimum atomic E-state index is -0.0478. The molecule has 0 radical (unpaired) electrons. The molecule has 1 aromatic heterocycles. The largest absolute Gasteiger partial charge is 0.467 e. The summed E-state index contributed by atoms with van der Waals surface area (Å²) in [4.78, 5) is 27.8. The summed E-state index contributed by atoms with van der Waals surface area (Å²) in [6.07, 6.45) is 3.33. The van der Waals surface area contributed by atoms with Gasteiger partial charge in [0.05, 0.1) is 12.8 Å². The summed E-state index contributed by atoms with van der Waals surface area (Å²) in [5, 5.41) is 0.617. The summed E-state index contributed by atoms with van der Waals surface area (Å²) < 4.78 is 5.37. The van der Waals surface area contributed by atoms with E-state index in [1.807, 2.05) is 18.2 Å². The highest BCUT2D eigenvalue weighted by Crippen LogP contribution is 2.22. The predicted octanol–water partition coefficient (Wildman–Crippen LogP) is 3.48. The number of carbonyl (C=O) groups excluding carboxylic acids is 2. The Balaban J connectivity index is 1.71. The van der Waals surface area contributed by atoms with Gasteiger partial charge in [0.15, 0.2) is 0 Å². The maximum absolute atomic E-state index is 12.7. The van der Waals surface area contributed by atoms with Crippen molar-refractivity contribution in [3.05, 3.63) is 53.4 Å². The van der Waals surface area contributed by atoms with Crippen molar-refractivity contribution in [2.24, 2.45) is 0 Å². The zero-order valence-electron chi connectivity index (χ0n) is 13.3. The molecule has 0 aliphatic carbocycles. The molecule has 0 unspecified atom stereocenters. The lowest BCUT2D eigenvalue weighted by Gasteiger charge is -2.23. The first-order valence-electron chi connectivity index (χ1n) is 7.99. The Hall–Kier alpha value is -2.27. The second-order valence-electron chi connectivity index (χ2n) is 5.77. The third kappa shape index (κ3) is 3.97. The summed E-state index contributed by atoms with van der Waals surface area (Å²) in [6.45, 7) is 1.55. The summed E-state index contributed by atoms with van der Waals surface area (Å²) >= 11 is 5.94. The molecular weight excluding hydrogens is 328 g/mol. The monoisotopic (exact) mass is 346 g/mol. The Morgan fingerprint density at radius 1 is 1.25 bits per heavy atom. The first-order chi connectivity index (χ1) is 11.6. The minimum absolute atomic E-state index is 0.0478. The molecule has 0 N–H and O–H groups in total. The average molecular weight is 347 g/mol. The van der Waals surface area contributed by atoms with Gasteiger partial charge in [-0.05, 0) is 42.8 Å². The molecule has 2 aromatic rings. The summed E-state index contributed by atoms with van der Waals surface area (Å²) in [5.74, 6) is 0.788. The average Bonchev–Trinajstić information content (AvgIpc) is 3.23. The summed E-state index contributed by atoms with van der Waals surface area (Å²) in [7, 11) is 0. The van der Waals surface area contributed by atoms with Crippen LogP contribution in [0.15, 0.2) is 47.1 Å². The fourth-order valence-corrected chi connectivity index (χ4v) is 2.93. The third-order valence-corrected chi connectivity index (χ3v) is 4.35. The lowest BCUT2D eigenvalue weighted by Crippen LogP contribution is -2.34. The van der Waals surface area contributed by atoms with Crippen LogP contribution < -0.4 is 4.90 Å². The number of hydrogen-bond acceptors (Lipinski definition) is 3. The fourth-order valence-electron chi connectivity index (χ4n) is 2.81. The van der Waals surface area contributed by atoms with Gasteiger partial charge in [0, 0.05) is 36.6 Å². The van der Waals surface area contributed by atoms with Crippen molar-refractivity contribution in [2.75, 3.05) is 18.0 Å². The van der Waals surface area contributed by atoms with Gasteiger partial charge in [-0.3, -0.25) is 9.59 Å². The van der Waals surface area contributed by atoms with Crippen molar-refractivity contribution < 1.29 is 14.0 Å². The van der Waals surface area contributed by atoms with Crippen LogP contribution in [-0.2, 0) is 16.1 Å². The minimum Gasteiger partial charge on any atom is -0.467 e. The van der Waals surface area contributed by atoms with Crippen molar-refractivity contribution in [3.8, 4) is 0 Å². The number of amides is 2. The van der Waals surface area contributed by atoms with Crippen LogP contribution in [0.5, 0.6) is 0 Å². The first-order valence-corrected chi connectivity index (χ1v) is 8.37. The highest BCUT2D eigenvalue weighted by atomic mass is 35.5. The quantitative estimate of drug-likeness (QED) is 0.804. The number of carbonyl (C=O) groups is 2. The van der Waals surface area contributed by atoms with Gasteiger partial charge in [0.2, 0.25) is 11.8 Å². The van der Waals surface area contributed by atoms with E-state index in [0.29, 0.717) is 30.3 Å². The van der Waals surface area contributed by atoms with E-state index in [-0.39, 0.29) is 18.2 Å². The normalized spacial score (nSPS) is 14.2. The SMILES string of the molecule is O=C1CCCN1CCC(=O)N(Cc1ccco1)c1ccc(Cl)cc1. The third-order valence-electron chi connectivity index (χ3n) is 4.10. The molecule has 1 aliphatic rings. The highest BCUT2D eigenvalue weighted by molar-refractivity contribution is 6.30. The Bertz CT molecular complexity index is 698. The molecule has 126 valence electrons. The topological polar surface area (TPSA) is 53.8 Å². The second-order valence-corrected chi connectivity index (χ2v) is 6.21. The van der Waals surface area contributed by atoms with Gasteiger partial charge in [0.25, 0.3) is 0 Å². The molecule has 1 fully saturated rings. The zero-order valence-corrected chi connectivity index (χ0v) is 14.0. The van der Waals surface area contributed by atoms with E-state index in [1.165, 1.54) is 0 Å². The Morgan fingerprint density at radius 3 is 2.67 bits per heavy atom. The van der Waals surface area contributed by atoms with E-state index < -0.39 is 0 Å². The highest BCUT2D eigenvalue weighted by Gasteiger charge is 2.23. The molecule has 24 heavy (non-hydrogen) atoms. The maximum atomic E-state index is 12.7. The zero-order chi connectivity index (χ0) is 16.9. The van der Waals surface area contributed by atoms with Crippen LogP contribution >= 0.6 is 11.6 Å². The molecule has 0 saturated carbocycles. The number of likely N-dealkylation sites (tertiary alicyclic amines) is 1. The Morgan fingerprint density at radius 2 is 2.04 bits per heavy atom. The number of rotatable bonds is 6. The van der Waals surface area contributed by atoms with Crippen LogP contribution in [0.1, 0.15) is 25.0 Å². The van der Waals surface area contributed by atoms with Crippen LogP contribution in [0.4, 0.5) is 5.69 Å². The second kappa shape index (κ2) is 7.53. The molecule has 1 aliphatic heterocycles. The number of benzene rings is 1. The lowest BCUT2D eigenvalue weighted by molar-refractivity contribution is -0.128. The predicted molar refractivity (Wildman–Crippen MR) is 91.8 cm³/mol. The van der Waals surface area contributed by atoms with Gasteiger partial charge in [-0.25, -0.2) is 0 Å². The standard InChI is InChI=1S/C18H19ClN2O3/c19-14-5-7-15(8-6-14)21(13-16-3-2-12-24-16)18(23)9-11-20-10-1-4-17(20)22/h2-3,5-8,12H,1,4,9-11,13H2. The van der Waals surface area contributed by atoms with Gasteiger partial charge in [0.1, 0.15) is 5.76 Å². The van der Waals surface area contributed by atoms with Gasteiger partial charge in [-0.2, -0.15) is 0 Å². The van der Waals surface area contributed by atoms with Crippen LogP contribution in [0, 0.1) is 0 Å². The molecule has 1 saturated heterocycles. The molecular formula is C18H19ClN2O3. The van der Waals surface area contributed by atoms with E-state index in [2.05, 4.69) is 0 Å². The summed E-state index contributed by atoms with van der Waals surface area (Å²) in [6, 6.07) is 10.8. The van der Waals surface area contributed by atoms with Crippen molar-refractivity contribution in [1.82, 2.24) is 4.90 Å². The van der Waals surface area contributed by atoms with Crippen LogP contribution in [-0.4, -0.2) is 29.8 Å². The Labute approximate surface area is 145 Å². The smallest absolute Gasteiger partial charge is 0.229 e. The maximum Gasteiger partial charge on any atom is 0.229 e. The van der Waals surface area contributed by atoms with E-state index in [0.717, 1.165) is 18.7 Å². The molecule has 1 aromatic carbocycles. The molecule has 5 nitrogen and oxygen atoms in total. The van der Waals surface area contributed by atoms with Gasteiger partial charge in [-0.1, -0.05) is 11.6 Å². The number of furan rings is 1. The number of hydrogen-bond donors (Lipinski definition) is 0. The van der Waals surface area contributed by atoms with Crippen molar-refractivity contribution in [1.29, 1.82) is 0 Å². The fraction of sp³-hybridized carbons (Fsp3) is 0.333. The van der Waals surface area contributed by atoms with Gasteiger partial charge in [-0.15, -0.1) is 0 Å². The number of halogens is 1. The van der Waals surface area contributed by atoms with E-state index >= 15 is 0 Å². The van der Waals surface area contributed by atoms with Crippen LogP contribution in [0.25, 0.3) is 0 Å². The van der Waals surface area contributed by atoms with Crippen molar-refractivity contribution in [3.63, 3.8) is 0 Å². The molecule has 2 heterocycles. The van der Waals surface area contributed by atoms with Crippen LogP contribution in [0.3, 0.4) is 0 Å². The summed E-state index contributed by atoms with van der Waals surface area (Å²) in [5.41, 5.74) is 0.758.